The fraction of sp³-hybridized carbons (Fsp3) is 0. The summed E-state index contributed by atoms with van der Waals surface area (Å²) in [5.74, 6) is 1.68. The second-order valence-corrected chi connectivity index (χ2v) is 13.9. The Hall–Kier alpha value is -7.94. The van der Waals surface area contributed by atoms with Crippen LogP contribution in [0.3, 0.4) is 0 Å². The van der Waals surface area contributed by atoms with Gasteiger partial charge in [0.15, 0.2) is 17.5 Å². The van der Waals surface area contributed by atoms with Crippen molar-refractivity contribution >= 4 is 21.9 Å². The number of aromatic nitrogens is 3. The van der Waals surface area contributed by atoms with Crippen molar-refractivity contribution in [2.24, 2.45) is 0 Å². The number of rotatable bonds is 7. The molecule has 0 saturated carbocycles. The summed E-state index contributed by atoms with van der Waals surface area (Å²) in [6, 6.07) is 68.0. The molecule has 0 bridgehead atoms. The molecule has 0 unspecified atom stereocenters. The van der Waals surface area contributed by atoms with Crippen LogP contribution in [-0.4, -0.2) is 15.0 Å². The van der Waals surface area contributed by atoms with E-state index in [1.54, 1.807) is 0 Å². The second kappa shape index (κ2) is 14.4. The molecule has 57 heavy (non-hydrogen) atoms. The van der Waals surface area contributed by atoms with E-state index in [0.717, 1.165) is 72.0 Å². The smallest absolute Gasteiger partial charge is 0.164 e. The number of hydrogen-bond acceptors (Lipinski definition) is 5. The second-order valence-electron chi connectivity index (χ2n) is 13.9. The van der Waals surface area contributed by atoms with Gasteiger partial charge in [-0.3, -0.25) is 0 Å². The summed E-state index contributed by atoms with van der Waals surface area (Å²) in [7, 11) is 0. The average Bonchev–Trinajstić information content (AvgIpc) is 3.69. The maximum absolute atomic E-state index is 9.45. The highest BCUT2D eigenvalue weighted by Crippen LogP contribution is 2.44. The van der Waals surface area contributed by atoms with Crippen LogP contribution in [0.1, 0.15) is 5.56 Å². The fourth-order valence-corrected chi connectivity index (χ4v) is 7.60. The highest BCUT2D eigenvalue weighted by Gasteiger charge is 2.22. The largest absolute Gasteiger partial charge is 0.455 e. The third-order valence-corrected chi connectivity index (χ3v) is 10.4. The topological polar surface area (TPSA) is 75.6 Å². The molecule has 5 nitrogen and oxygen atoms in total. The highest BCUT2D eigenvalue weighted by molar-refractivity contribution is 6.17. The Morgan fingerprint density at radius 3 is 1.56 bits per heavy atom. The lowest BCUT2D eigenvalue weighted by Crippen LogP contribution is -2.01. The molecule has 0 aliphatic carbocycles. The zero-order valence-corrected chi connectivity index (χ0v) is 30.7. The predicted octanol–water partition coefficient (Wildman–Crippen LogP) is 13.3. The maximum atomic E-state index is 9.45. The minimum absolute atomic E-state index is 0.544. The molecule has 2 heterocycles. The SMILES string of the molecule is N#Cc1cccc(-c2ccc(-c3nc(-c4ccccc4)nc(-c4ccc5c(oc6cccc(-c7ccc(-c8ccccc8)cc7)c65)c4-c4ccccc4)n3)cc2)c1. The zero-order valence-electron chi connectivity index (χ0n) is 30.7. The first-order valence-electron chi connectivity index (χ1n) is 18.8. The van der Waals surface area contributed by atoms with E-state index in [1.165, 1.54) is 11.1 Å². The monoisotopic (exact) mass is 728 g/mol. The molecule has 8 aromatic carbocycles. The van der Waals surface area contributed by atoms with Crippen LogP contribution in [0.25, 0.3) is 101 Å². The average molecular weight is 729 g/mol. The number of hydrogen-bond donors (Lipinski definition) is 0. The van der Waals surface area contributed by atoms with Crippen molar-refractivity contribution in [3.63, 3.8) is 0 Å². The first kappa shape index (κ1) is 33.6. The molecule has 2 aromatic heterocycles. The van der Waals surface area contributed by atoms with E-state index in [2.05, 4.69) is 91.0 Å². The number of nitrogens with zero attached hydrogens (tertiary/aromatic N) is 4. The number of fused-ring (bicyclic) bond motifs is 3. The molecule has 0 N–H and O–H groups in total. The molecule has 0 radical (unpaired) electrons. The molecule has 10 aromatic rings. The molecule has 266 valence electrons. The standard InChI is InChI=1S/C52H32N4O/c53-33-34-12-10-19-42(32-34)37-24-28-41(29-25-37)51-54-50(40-17-8-3-9-18-40)55-52(56-51)45-31-30-44-48-43(38-26-22-36(23-27-38)35-13-4-1-5-14-35)20-11-21-46(48)57-49(44)47(45)39-15-6-2-7-16-39/h1-32H. The number of benzene rings is 8. The van der Waals surface area contributed by atoms with E-state index in [1.807, 2.05) is 109 Å². The van der Waals surface area contributed by atoms with Crippen LogP contribution in [0.15, 0.2) is 199 Å². The van der Waals surface area contributed by atoms with Crippen molar-refractivity contribution in [1.29, 1.82) is 5.26 Å². The lowest BCUT2D eigenvalue weighted by molar-refractivity contribution is 0.670. The third-order valence-electron chi connectivity index (χ3n) is 10.4. The van der Waals surface area contributed by atoms with Crippen molar-refractivity contribution in [1.82, 2.24) is 15.0 Å². The Kier molecular flexibility index (Phi) is 8.48. The van der Waals surface area contributed by atoms with E-state index in [9.17, 15) is 5.26 Å². The van der Waals surface area contributed by atoms with E-state index in [4.69, 9.17) is 19.4 Å². The zero-order chi connectivity index (χ0) is 38.1. The minimum Gasteiger partial charge on any atom is -0.455 e. The van der Waals surface area contributed by atoms with Gasteiger partial charge in [-0.15, -0.1) is 0 Å². The Labute approximate surface area is 329 Å². The Bertz CT molecular complexity index is 3100. The lowest BCUT2D eigenvalue weighted by atomic mass is 9.93. The molecular formula is C52H32N4O. The molecule has 0 aliphatic rings. The molecule has 5 heteroatoms. The molecular weight excluding hydrogens is 697 g/mol. The Morgan fingerprint density at radius 2 is 0.895 bits per heavy atom. The van der Waals surface area contributed by atoms with Gasteiger partial charge in [0.25, 0.3) is 0 Å². The van der Waals surface area contributed by atoms with E-state index < -0.39 is 0 Å². The number of nitriles is 1. The van der Waals surface area contributed by atoms with Gasteiger partial charge >= 0.3 is 0 Å². The summed E-state index contributed by atoms with van der Waals surface area (Å²) in [6.07, 6.45) is 0. The third kappa shape index (κ3) is 6.32. The highest BCUT2D eigenvalue weighted by atomic mass is 16.3. The van der Waals surface area contributed by atoms with Crippen LogP contribution in [0, 0.1) is 11.3 Å². The van der Waals surface area contributed by atoms with Crippen molar-refractivity contribution in [3.8, 4) is 84.7 Å². The quantitative estimate of drug-likeness (QED) is 0.163. The molecule has 0 atom stereocenters. The maximum Gasteiger partial charge on any atom is 0.164 e. The van der Waals surface area contributed by atoms with Gasteiger partial charge in [0.05, 0.1) is 11.6 Å². The molecule has 0 aliphatic heterocycles. The first-order valence-corrected chi connectivity index (χ1v) is 18.8. The van der Waals surface area contributed by atoms with Gasteiger partial charge < -0.3 is 4.42 Å². The Morgan fingerprint density at radius 1 is 0.386 bits per heavy atom. The van der Waals surface area contributed by atoms with Crippen molar-refractivity contribution in [3.05, 3.63) is 200 Å². The van der Waals surface area contributed by atoms with E-state index >= 15 is 0 Å². The van der Waals surface area contributed by atoms with Crippen LogP contribution in [0.2, 0.25) is 0 Å². The van der Waals surface area contributed by atoms with Gasteiger partial charge in [-0.05, 0) is 69.3 Å². The van der Waals surface area contributed by atoms with Gasteiger partial charge in [-0.25, -0.2) is 15.0 Å². The minimum atomic E-state index is 0.544. The summed E-state index contributed by atoms with van der Waals surface area (Å²) in [4.78, 5) is 15.3. The van der Waals surface area contributed by atoms with Crippen LogP contribution < -0.4 is 0 Å². The first-order chi connectivity index (χ1) is 28.2. The Balaban J connectivity index is 1.15. The molecule has 0 saturated heterocycles. The van der Waals surface area contributed by atoms with Gasteiger partial charge in [0, 0.05) is 33.0 Å². The van der Waals surface area contributed by atoms with E-state index in [-0.39, 0.29) is 0 Å². The summed E-state index contributed by atoms with van der Waals surface area (Å²) in [5, 5.41) is 11.5. The van der Waals surface area contributed by atoms with Gasteiger partial charge in [-0.2, -0.15) is 5.26 Å². The summed E-state index contributed by atoms with van der Waals surface area (Å²) < 4.78 is 6.87. The van der Waals surface area contributed by atoms with Crippen molar-refractivity contribution < 1.29 is 4.42 Å². The molecule has 0 amide bonds. The lowest BCUT2D eigenvalue weighted by Gasteiger charge is -2.13. The molecule has 0 spiro atoms. The van der Waals surface area contributed by atoms with Crippen LogP contribution in [0.4, 0.5) is 0 Å². The molecule has 10 rings (SSSR count). The van der Waals surface area contributed by atoms with Gasteiger partial charge in [0.1, 0.15) is 11.2 Å². The molecule has 0 fully saturated rings. The number of furan rings is 1. The van der Waals surface area contributed by atoms with Crippen LogP contribution in [-0.2, 0) is 0 Å². The van der Waals surface area contributed by atoms with Crippen molar-refractivity contribution in [2.45, 2.75) is 0 Å². The van der Waals surface area contributed by atoms with Crippen LogP contribution in [0.5, 0.6) is 0 Å². The van der Waals surface area contributed by atoms with E-state index in [0.29, 0.717) is 23.0 Å². The van der Waals surface area contributed by atoms with Crippen LogP contribution >= 0.6 is 0 Å². The van der Waals surface area contributed by atoms with Gasteiger partial charge in [0.2, 0.25) is 0 Å². The van der Waals surface area contributed by atoms with Gasteiger partial charge in [-0.1, -0.05) is 164 Å². The summed E-state index contributed by atoms with van der Waals surface area (Å²) in [5.41, 5.74) is 13.3. The summed E-state index contributed by atoms with van der Waals surface area (Å²) >= 11 is 0. The predicted molar refractivity (Wildman–Crippen MR) is 230 cm³/mol. The van der Waals surface area contributed by atoms with Crippen molar-refractivity contribution in [2.75, 3.05) is 0 Å². The summed E-state index contributed by atoms with van der Waals surface area (Å²) in [6.45, 7) is 0. The normalized spacial score (nSPS) is 11.1. The fourth-order valence-electron chi connectivity index (χ4n) is 7.60.